The number of thiazole rings is 1. The molecule has 38 heavy (non-hydrogen) atoms. The van der Waals surface area contributed by atoms with Gasteiger partial charge in [-0.15, -0.1) is 11.3 Å². The number of esters is 1. The molecule has 210 valence electrons. The SMILES string of the molecule is CC(=Cc1csc(CN=[N+]=[N-])n1)[C@H]1C[C@@H]2O[C@@]2(C)CCC[C@@H](C)[C@@H](O)[C@H](C)C(=O)C(C)(C)[C@H](O)CC(=O)O1. The van der Waals surface area contributed by atoms with Crippen LogP contribution < -0.4 is 0 Å². The lowest BCUT2D eigenvalue weighted by Gasteiger charge is -2.34. The van der Waals surface area contributed by atoms with E-state index in [9.17, 15) is 19.8 Å². The Morgan fingerprint density at radius 2 is 2.03 bits per heavy atom. The molecular weight excluding hydrogens is 508 g/mol. The van der Waals surface area contributed by atoms with Gasteiger partial charge in [0.25, 0.3) is 0 Å². The van der Waals surface area contributed by atoms with Crippen molar-refractivity contribution in [3.05, 3.63) is 32.1 Å². The van der Waals surface area contributed by atoms with Crippen molar-refractivity contribution in [2.75, 3.05) is 0 Å². The molecule has 11 heteroatoms. The molecule has 2 aliphatic heterocycles. The Balaban J connectivity index is 1.85. The van der Waals surface area contributed by atoms with E-state index in [2.05, 4.69) is 15.0 Å². The zero-order chi connectivity index (χ0) is 28.3. The minimum Gasteiger partial charge on any atom is -0.458 e. The fraction of sp³-hybridized carbons (Fsp3) is 0.741. The summed E-state index contributed by atoms with van der Waals surface area (Å²) < 4.78 is 11.9. The number of aliphatic hydroxyl groups is 2. The van der Waals surface area contributed by atoms with Gasteiger partial charge in [0.15, 0.2) is 0 Å². The lowest BCUT2D eigenvalue weighted by atomic mass is 9.73. The number of nitrogens with zero attached hydrogens (tertiary/aromatic N) is 4. The van der Waals surface area contributed by atoms with Crippen LogP contribution in [0.4, 0.5) is 0 Å². The van der Waals surface area contributed by atoms with Gasteiger partial charge in [0, 0.05) is 22.6 Å². The lowest BCUT2D eigenvalue weighted by molar-refractivity contribution is -0.154. The molecule has 0 aliphatic carbocycles. The number of azide groups is 1. The first kappa shape index (κ1) is 30.2. The summed E-state index contributed by atoms with van der Waals surface area (Å²) in [6.45, 7) is 10.9. The predicted molar refractivity (Wildman–Crippen MR) is 144 cm³/mol. The number of aromatic nitrogens is 1. The molecule has 10 nitrogen and oxygen atoms in total. The highest BCUT2D eigenvalue weighted by Gasteiger charge is 2.53. The third-order valence-electron chi connectivity index (χ3n) is 8.13. The number of aliphatic hydroxyl groups excluding tert-OH is 2. The molecule has 0 spiro atoms. The Hall–Kier alpha value is -2.30. The first-order chi connectivity index (χ1) is 17.8. The zero-order valence-electron chi connectivity index (χ0n) is 23.1. The summed E-state index contributed by atoms with van der Waals surface area (Å²) in [6.07, 6.45) is 1.48. The lowest BCUT2D eigenvalue weighted by Crippen LogP contribution is -2.45. The van der Waals surface area contributed by atoms with Gasteiger partial charge in [-0.3, -0.25) is 9.59 Å². The summed E-state index contributed by atoms with van der Waals surface area (Å²) >= 11 is 1.38. The van der Waals surface area contributed by atoms with Gasteiger partial charge in [0.2, 0.25) is 0 Å². The maximum absolute atomic E-state index is 13.3. The molecular formula is C27H40N4O6S. The van der Waals surface area contributed by atoms with E-state index in [1.807, 2.05) is 32.2 Å². The molecule has 0 saturated carbocycles. The largest absolute Gasteiger partial charge is 0.458 e. The molecule has 2 aliphatic rings. The first-order valence-corrected chi connectivity index (χ1v) is 14.1. The van der Waals surface area contributed by atoms with Gasteiger partial charge in [0.1, 0.15) is 11.9 Å². The number of cyclic esters (lactones) is 1. The molecule has 0 radical (unpaired) electrons. The summed E-state index contributed by atoms with van der Waals surface area (Å²) in [4.78, 5) is 33.5. The second kappa shape index (κ2) is 12.3. The summed E-state index contributed by atoms with van der Waals surface area (Å²) in [5, 5.41) is 27.8. The third kappa shape index (κ3) is 7.21. The van der Waals surface area contributed by atoms with Crippen LogP contribution >= 0.6 is 11.3 Å². The Kier molecular flexibility index (Phi) is 9.76. The van der Waals surface area contributed by atoms with Crippen LogP contribution in [-0.4, -0.2) is 57.0 Å². The van der Waals surface area contributed by atoms with E-state index >= 15 is 0 Å². The van der Waals surface area contributed by atoms with E-state index < -0.39 is 35.6 Å². The minimum absolute atomic E-state index is 0.0969. The van der Waals surface area contributed by atoms with Crippen molar-refractivity contribution in [3.63, 3.8) is 0 Å². The number of carbonyl (C=O) groups is 2. The predicted octanol–water partition coefficient (Wildman–Crippen LogP) is 4.98. The average molecular weight is 549 g/mol. The summed E-state index contributed by atoms with van der Waals surface area (Å²) in [7, 11) is 0. The molecule has 1 aromatic heterocycles. The number of fused-ring (bicyclic) bond motifs is 1. The van der Waals surface area contributed by atoms with Crippen molar-refractivity contribution >= 4 is 29.2 Å². The number of hydrogen-bond acceptors (Lipinski definition) is 9. The van der Waals surface area contributed by atoms with Crippen LogP contribution in [0, 0.1) is 17.3 Å². The summed E-state index contributed by atoms with van der Waals surface area (Å²) in [5.41, 5.74) is 8.39. The van der Waals surface area contributed by atoms with Crippen molar-refractivity contribution in [1.82, 2.24) is 4.98 Å². The van der Waals surface area contributed by atoms with Crippen molar-refractivity contribution in [3.8, 4) is 0 Å². The molecule has 2 N–H and O–H groups in total. The third-order valence-corrected chi connectivity index (χ3v) is 8.98. The van der Waals surface area contributed by atoms with E-state index in [4.69, 9.17) is 15.0 Å². The second-order valence-corrected chi connectivity index (χ2v) is 12.5. The number of ether oxygens (including phenoxy) is 2. The van der Waals surface area contributed by atoms with Gasteiger partial charge >= 0.3 is 5.97 Å². The molecule has 2 fully saturated rings. The van der Waals surface area contributed by atoms with Crippen molar-refractivity contribution in [2.45, 2.75) is 110 Å². The molecule has 3 rings (SSSR count). The monoisotopic (exact) mass is 548 g/mol. The first-order valence-electron chi connectivity index (χ1n) is 13.2. The van der Waals surface area contributed by atoms with Gasteiger partial charge in [0.05, 0.1) is 53.0 Å². The number of carbonyl (C=O) groups excluding carboxylic acids is 2. The Labute approximate surface area is 228 Å². The highest BCUT2D eigenvalue weighted by atomic mass is 32.1. The van der Waals surface area contributed by atoms with E-state index in [0.717, 1.165) is 24.8 Å². The molecule has 7 atom stereocenters. The normalized spacial score (nSPS) is 35.1. The van der Waals surface area contributed by atoms with Crippen molar-refractivity contribution in [2.24, 2.45) is 22.4 Å². The quantitative estimate of drug-likeness (QED) is 0.176. The fourth-order valence-electron chi connectivity index (χ4n) is 5.18. The van der Waals surface area contributed by atoms with Crippen LogP contribution in [0.2, 0.25) is 0 Å². The van der Waals surface area contributed by atoms with Crippen LogP contribution in [-0.2, 0) is 25.6 Å². The van der Waals surface area contributed by atoms with E-state index in [1.54, 1.807) is 20.8 Å². The van der Waals surface area contributed by atoms with Crippen LogP contribution in [0.15, 0.2) is 16.1 Å². The highest BCUT2D eigenvalue weighted by molar-refractivity contribution is 7.09. The Bertz CT molecular complexity index is 1100. The number of hydrogen-bond donors (Lipinski definition) is 2. The maximum Gasteiger partial charge on any atom is 0.309 e. The Morgan fingerprint density at radius 3 is 2.71 bits per heavy atom. The number of Topliss-reactive ketones (excluding diaryl/α,β-unsaturated/α-hetero) is 1. The van der Waals surface area contributed by atoms with Gasteiger partial charge in [-0.05, 0) is 49.8 Å². The minimum atomic E-state index is -1.27. The summed E-state index contributed by atoms with van der Waals surface area (Å²) in [5.74, 6) is -1.68. The fourth-order valence-corrected chi connectivity index (χ4v) is 5.84. The molecule has 0 unspecified atom stereocenters. The van der Waals surface area contributed by atoms with Gasteiger partial charge in [-0.2, -0.15) is 0 Å². The molecule has 0 bridgehead atoms. The topological polar surface area (TPSA) is 158 Å². The molecule has 0 aromatic carbocycles. The van der Waals surface area contributed by atoms with E-state index in [1.165, 1.54) is 11.3 Å². The molecule has 3 heterocycles. The highest BCUT2D eigenvalue weighted by Crippen LogP contribution is 2.45. The summed E-state index contributed by atoms with van der Waals surface area (Å²) in [6, 6.07) is 0. The standard InChI is InChI=1S/C27H40N4O6S/c1-15-8-7-9-27(6)21(37-27)11-19(16(2)10-18-14-38-22(30-18)13-29-31-28)36-23(33)12-20(32)26(4,5)25(35)17(3)24(15)34/h10,14-15,17,19-21,24,32,34H,7-9,11-13H2,1-6H3/t15-,17+,19-,20-,21+,24-,27+/m1/s1. The van der Waals surface area contributed by atoms with E-state index in [0.29, 0.717) is 17.1 Å². The molecule has 1 aromatic rings. The Morgan fingerprint density at radius 1 is 1.32 bits per heavy atom. The molecule has 0 amide bonds. The van der Waals surface area contributed by atoms with E-state index in [-0.39, 0.29) is 36.4 Å². The van der Waals surface area contributed by atoms with Gasteiger partial charge in [-0.1, -0.05) is 39.2 Å². The molecule has 2 saturated heterocycles. The van der Waals surface area contributed by atoms with Crippen LogP contribution in [0.25, 0.3) is 16.5 Å². The van der Waals surface area contributed by atoms with Gasteiger partial charge in [-0.25, -0.2) is 4.98 Å². The van der Waals surface area contributed by atoms with Crippen LogP contribution in [0.5, 0.6) is 0 Å². The zero-order valence-corrected chi connectivity index (χ0v) is 23.9. The average Bonchev–Trinajstić information content (AvgIpc) is 3.27. The van der Waals surface area contributed by atoms with Crippen LogP contribution in [0.1, 0.15) is 84.3 Å². The maximum atomic E-state index is 13.3. The number of epoxide rings is 1. The number of ketones is 1. The van der Waals surface area contributed by atoms with Crippen LogP contribution in [0.3, 0.4) is 0 Å². The van der Waals surface area contributed by atoms with Crippen molar-refractivity contribution < 1.29 is 29.3 Å². The second-order valence-electron chi connectivity index (χ2n) is 11.5. The van der Waals surface area contributed by atoms with Crippen molar-refractivity contribution in [1.29, 1.82) is 0 Å². The number of rotatable bonds is 4. The smallest absolute Gasteiger partial charge is 0.309 e. The van der Waals surface area contributed by atoms with Gasteiger partial charge < -0.3 is 19.7 Å².